The molecule has 2 aliphatic heterocycles. The van der Waals surface area contributed by atoms with Crippen LogP contribution in [0.1, 0.15) is 27.2 Å². The largest absolute Gasteiger partial charge is 0.379 e. The van der Waals surface area contributed by atoms with Crippen LogP contribution in [-0.4, -0.2) is 67.2 Å². The van der Waals surface area contributed by atoms with E-state index in [1.807, 2.05) is 11.8 Å². The summed E-state index contributed by atoms with van der Waals surface area (Å²) in [5, 5.41) is 0. The summed E-state index contributed by atoms with van der Waals surface area (Å²) in [6, 6.07) is 0.428. The number of piperazine rings is 1. The highest BCUT2D eigenvalue weighted by Crippen LogP contribution is 2.30. The standard InChI is InChI=1S/C14H27N3O2/c1-4-11(2)16-5-7-17(8-6-16)13(18)14(3)10-19-9-12(14)15/h11-12H,4-10,15H2,1-3H3. The van der Waals surface area contributed by atoms with Crippen molar-refractivity contribution in [2.45, 2.75) is 39.3 Å². The molecule has 110 valence electrons. The molecule has 2 fully saturated rings. The number of amides is 1. The first-order valence-electron chi connectivity index (χ1n) is 7.35. The van der Waals surface area contributed by atoms with Gasteiger partial charge in [-0.3, -0.25) is 9.69 Å². The van der Waals surface area contributed by atoms with E-state index in [-0.39, 0.29) is 11.9 Å². The van der Waals surface area contributed by atoms with Crippen LogP contribution in [0.3, 0.4) is 0 Å². The molecule has 3 unspecified atom stereocenters. The maximum absolute atomic E-state index is 12.6. The zero-order valence-electron chi connectivity index (χ0n) is 12.4. The molecule has 0 aliphatic carbocycles. The second kappa shape index (κ2) is 5.77. The number of carbonyl (C=O) groups is 1. The number of hydrogen-bond donors (Lipinski definition) is 1. The number of rotatable bonds is 3. The van der Waals surface area contributed by atoms with Crippen LogP contribution in [0.4, 0.5) is 0 Å². The number of ether oxygens (including phenoxy) is 1. The molecule has 0 aromatic rings. The van der Waals surface area contributed by atoms with Crippen molar-refractivity contribution in [1.82, 2.24) is 9.80 Å². The third-order valence-corrected chi connectivity index (χ3v) is 4.82. The van der Waals surface area contributed by atoms with Crippen molar-refractivity contribution in [2.75, 3.05) is 39.4 Å². The van der Waals surface area contributed by atoms with E-state index in [1.165, 1.54) is 0 Å². The monoisotopic (exact) mass is 269 g/mol. The highest BCUT2D eigenvalue weighted by molar-refractivity contribution is 5.83. The average molecular weight is 269 g/mol. The van der Waals surface area contributed by atoms with Gasteiger partial charge in [0.25, 0.3) is 0 Å². The van der Waals surface area contributed by atoms with E-state index < -0.39 is 5.41 Å². The molecule has 1 amide bonds. The third kappa shape index (κ3) is 2.78. The molecule has 5 nitrogen and oxygen atoms in total. The van der Waals surface area contributed by atoms with Crippen LogP contribution in [0.2, 0.25) is 0 Å². The van der Waals surface area contributed by atoms with Gasteiger partial charge in [0.2, 0.25) is 5.91 Å². The maximum Gasteiger partial charge on any atom is 0.232 e. The molecule has 2 aliphatic rings. The van der Waals surface area contributed by atoms with Crippen LogP contribution < -0.4 is 5.73 Å². The van der Waals surface area contributed by atoms with Crippen LogP contribution in [0, 0.1) is 5.41 Å². The molecule has 2 saturated heterocycles. The van der Waals surface area contributed by atoms with Crippen molar-refractivity contribution >= 4 is 5.91 Å². The van der Waals surface area contributed by atoms with Gasteiger partial charge in [-0.25, -0.2) is 0 Å². The summed E-state index contributed by atoms with van der Waals surface area (Å²) in [6.45, 7) is 10.9. The summed E-state index contributed by atoms with van der Waals surface area (Å²) >= 11 is 0. The van der Waals surface area contributed by atoms with Crippen molar-refractivity contribution in [1.29, 1.82) is 0 Å². The quantitative estimate of drug-likeness (QED) is 0.800. The van der Waals surface area contributed by atoms with Gasteiger partial charge < -0.3 is 15.4 Å². The molecule has 3 atom stereocenters. The fourth-order valence-electron chi connectivity index (χ4n) is 2.89. The molecule has 2 heterocycles. The lowest BCUT2D eigenvalue weighted by molar-refractivity contribution is -0.143. The van der Waals surface area contributed by atoms with E-state index in [2.05, 4.69) is 18.7 Å². The summed E-state index contributed by atoms with van der Waals surface area (Å²) in [6.07, 6.45) is 1.16. The molecular weight excluding hydrogens is 242 g/mol. The molecule has 0 aromatic carbocycles. The van der Waals surface area contributed by atoms with Crippen molar-refractivity contribution in [3.8, 4) is 0 Å². The molecule has 5 heteroatoms. The second-order valence-electron chi connectivity index (χ2n) is 6.12. The van der Waals surface area contributed by atoms with E-state index >= 15 is 0 Å². The number of nitrogens with two attached hydrogens (primary N) is 1. The van der Waals surface area contributed by atoms with Crippen LogP contribution in [0.15, 0.2) is 0 Å². The normalized spacial score (nSPS) is 34.5. The van der Waals surface area contributed by atoms with Crippen LogP contribution >= 0.6 is 0 Å². The molecule has 0 spiro atoms. The molecule has 2 rings (SSSR count). The SMILES string of the molecule is CCC(C)N1CCN(C(=O)C2(C)COCC2N)CC1. The van der Waals surface area contributed by atoms with Gasteiger partial charge in [0.05, 0.1) is 18.6 Å². The van der Waals surface area contributed by atoms with Crippen molar-refractivity contribution < 1.29 is 9.53 Å². The molecule has 0 bridgehead atoms. The number of nitrogens with zero attached hydrogens (tertiary/aromatic N) is 2. The molecule has 2 N–H and O–H groups in total. The van der Waals surface area contributed by atoms with Crippen molar-refractivity contribution in [3.63, 3.8) is 0 Å². The first-order chi connectivity index (χ1) is 8.99. The Bertz CT molecular complexity index is 329. The fraction of sp³-hybridized carbons (Fsp3) is 0.929. The van der Waals surface area contributed by atoms with E-state index in [4.69, 9.17) is 10.5 Å². The van der Waals surface area contributed by atoms with Crippen LogP contribution in [0.25, 0.3) is 0 Å². The Kier molecular flexibility index (Phi) is 4.48. The van der Waals surface area contributed by atoms with E-state index in [1.54, 1.807) is 0 Å². The first kappa shape index (κ1) is 14.8. The van der Waals surface area contributed by atoms with Crippen molar-refractivity contribution in [3.05, 3.63) is 0 Å². The lowest BCUT2D eigenvalue weighted by Crippen LogP contribution is -2.57. The minimum absolute atomic E-state index is 0.168. The predicted octanol–water partition coefficient (Wildman–Crippen LogP) is 0.293. The fourth-order valence-corrected chi connectivity index (χ4v) is 2.89. The molecule has 19 heavy (non-hydrogen) atoms. The topological polar surface area (TPSA) is 58.8 Å². The van der Waals surface area contributed by atoms with Gasteiger partial charge in [0.15, 0.2) is 0 Å². The number of carbonyl (C=O) groups excluding carboxylic acids is 1. The Morgan fingerprint density at radius 2 is 2.05 bits per heavy atom. The minimum Gasteiger partial charge on any atom is -0.379 e. The van der Waals surface area contributed by atoms with E-state index in [9.17, 15) is 4.79 Å². The highest BCUT2D eigenvalue weighted by atomic mass is 16.5. The average Bonchev–Trinajstić information content (AvgIpc) is 2.78. The summed E-state index contributed by atoms with van der Waals surface area (Å²) in [5.41, 5.74) is 5.51. The Morgan fingerprint density at radius 3 is 2.53 bits per heavy atom. The van der Waals surface area contributed by atoms with E-state index in [0.717, 1.165) is 32.6 Å². The zero-order chi connectivity index (χ0) is 14.0. The maximum atomic E-state index is 12.6. The zero-order valence-corrected chi connectivity index (χ0v) is 12.4. The van der Waals surface area contributed by atoms with Gasteiger partial charge in [-0.1, -0.05) is 6.92 Å². The lowest BCUT2D eigenvalue weighted by Gasteiger charge is -2.41. The highest BCUT2D eigenvalue weighted by Gasteiger charge is 2.46. The predicted molar refractivity (Wildman–Crippen MR) is 74.8 cm³/mol. The summed E-state index contributed by atoms with van der Waals surface area (Å²) in [5.74, 6) is 0.168. The molecule has 0 radical (unpaired) electrons. The van der Waals surface area contributed by atoms with Crippen LogP contribution in [0.5, 0.6) is 0 Å². The Hall–Kier alpha value is -0.650. The Morgan fingerprint density at radius 1 is 1.42 bits per heavy atom. The molecule has 0 saturated carbocycles. The minimum atomic E-state index is -0.529. The summed E-state index contributed by atoms with van der Waals surface area (Å²) < 4.78 is 5.38. The number of hydrogen-bond acceptors (Lipinski definition) is 4. The van der Waals surface area contributed by atoms with Gasteiger partial charge in [-0.15, -0.1) is 0 Å². The van der Waals surface area contributed by atoms with Gasteiger partial charge in [0.1, 0.15) is 0 Å². The van der Waals surface area contributed by atoms with E-state index in [0.29, 0.717) is 19.3 Å². The van der Waals surface area contributed by atoms with Gasteiger partial charge in [-0.2, -0.15) is 0 Å². The lowest BCUT2D eigenvalue weighted by atomic mass is 9.84. The summed E-state index contributed by atoms with van der Waals surface area (Å²) in [7, 11) is 0. The van der Waals surface area contributed by atoms with Crippen LogP contribution in [-0.2, 0) is 9.53 Å². The van der Waals surface area contributed by atoms with Crippen molar-refractivity contribution in [2.24, 2.45) is 11.1 Å². The molecule has 0 aromatic heterocycles. The van der Waals surface area contributed by atoms with Gasteiger partial charge in [0, 0.05) is 38.3 Å². The third-order valence-electron chi connectivity index (χ3n) is 4.82. The smallest absolute Gasteiger partial charge is 0.232 e. The van der Waals surface area contributed by atoms with Gasteiger partial charge in [-0.05, 0) is 20.3 Å². The Balaban J connectivity index is 1.92. The first-order valence-corrected chi connectivity index (χ1v) is 7.35. The summed E-state index contributed by atoms with van der Waals surface area (Å²) in [4.78, 5) is 17.0. The van der Waals surface area contributed by atoms with Gasteiger partial charge >= 0.3 is 0 Å². The molecular formula is C14H27N3O2. The second-order valence-corrected chi connectivity index (χ2v) is 6.12. The Labute approximate surface area is 116 Å².